The van der Waals surface area contributed by atoms with Gasteiger partial charge in [-0.15, -0.1) is 0 Å². The molecule has 0 amide bonds. The molecule has 0 bridgehead atoms. The predicted molar refractivity (Wildman–Crippen MR) is 73.5 cm³/mol. The minimum Gasteiger partial charge on any atom is -0.313 e. The fourth-order valence-electron chi connectivity index (χ4n) is 3.07. The monoisotopic (exact) mass is 241 g/mol. The van der Waals surface area contributed by atoms with Crippen LogP contribution in [0.25, 0.3) is 11.1 Å². The molecule has 94 valence electrons. The van der Waals surface area contributed by atoms with Crippen molar-refractivity contribution in [3.8, 4) is 11.1 Å². The highest BCUT2D eigenvalue weighted by Gasteiger charge is 2.24. The second-order valence-electron chi connectivity index (χ2n) is 5.06. The van der Waals surface area contributed by atoms with Crippen molar-refractivity contribution in [3.05, 3.63) is 41.2 Å². The molecule has 2 aromatic rings. The summed E-state index contributed by atoms with van der Waals surface area (Å²) in [6.45, 7) is 2.08. The van der Waals surface area contributed by atoms with Gasteiger partial charge in [0.05, 0.1) is 5.69 Å². The van der Waals surface area contributed by atoms with Crippen LogP contribution in [0.3, 0.4) is 0 Å². The van der Waals surface area contributed by atoms with Gasteiger partial charge in [-0.2, -0.15) is 5.10 Å². The van der Waals surface area contributed by atoms with Crippen LogP contribution in [0.5, 0.6) is 0 Å². The molecule has 1 aromatic carbocycles. The van der Waals surface area contributed by atoms with Crippen molar-refractivity contribution >= 4 is 0 Å². The Labute approximate surface area is 108 Å². The van der Waals surface area contributed by atoms with Gasteiger partial charge in [0, 0.05) is 24.8 Å². The summed E-state index contributed by atoms with van der Waals surface area (Å²) >= 11 is 0. The standard InChI is InChI=1S/C15H19N3/c1-10-14(9-18(3)17-10)11-5-4-6-13-12(11)7-8-15(13)16-2/h4-6,9,15-16H,7-8H2,1-3H3. The Kier molecular flexibility index (Phi) is 2.71. The molecular weight excluding hydrogens is 222 g/mol. The number of aromatic nitrogens is 2. The summed E-state index contributed by atoms with van der Waals surface area (Å²) in [5.74, 6) is 0. The first kappa shape index (κ1) is 11.5. The zero-order chi connectivity index (χ0) is 12.7. The third-order valence-corrected chi connectivity index (χ3v) is 3.92. The zero-order valence-electron chi connectivity index (χ0n) is 11.2. The predicted octanol–water partition coefficient (Wildman–Crippen LogP) is 2.60. The minimum atomic E-state index is 0.511. The molecule has 1 aliphatic carbocycles. The second kappa shape index (κ2) is 4.25. The lowest BCUT2D eigenvalue weighted by Crippen LogP contribution is -2.12. The smallest absolute Gasteiger partial charge is 0.0672 e. The average molecular weight is 241 g/mol. The van der Waals surface area contributed by atoms with Crippen molar-refractivity contribution in [1.29, 1.82) is 0 Å². The van der Waals surface area contributed by atoms with Gasteiger partial charge < -0.3 is 5.32 Å². The number of benzene rings is 1. The first-order valence-electron chi connectivity index (χ1n) is 6.50. The van der Waals surface area contributed by atoms with Gasteiger partial charge >= 0.3 is 0 Å². The minimum absolute atomic E-state index is 0.511. The Morgan fingerprint density at radius 2 is 2.17 bits per heavy atom. The van der Waals surface area contributed by atoms with Crippen LogP contribution in [0, 0.1) is 6.92 Å². The van der Waals surface area contributed by atoms with Gasteiger partial charge in [0.2, 0.25) is 0 Å². The van der Waals surface area contributed by atoms with E-state index in [4.69, 9.17) is 0 Å². The summed E-state index contributed by atoms with van der Waals surface area (Å²) < 4.78 is 1.90. The van der Waals surface area contributed by atoms with Crippen LogP contribution in [0.4, 0.5) is 0 Å². The van der Waals surface area contributed by atoms with Gasteiger partial charge in [-0.25, -0.2) is 0 Å². The normalized spacial score (nSPS) is 18.1. The maximum absolute atomic E-state index is 4.45. The van der Waals surface area contributed by atoms with Crippen LogP contribution in [0.15, 0.2) is 24.4 Å². The van der Waals surface area contributed by atoms with Crippen LogP contribution in [0.2, 0.25) is 0 Å². The molecule has 1 aliphatic rings. The van der Waals surface area contributed by atoms with Gasteiger partial charge in [-0.05, 0) is 43.5 Å². The van der Waals surface area contributed by atoms with Crippen molar-refractivity contribution in [2.24, 2.45) is 7.05 Å². The van der Waals surface area contributed by atoms with E-state index in [0.29, 0.717) is 6.04 Å². The van der Waals surface area contributed by atoms with Crippen LogP contribution in [-0.2, 0) is 13.5 Å². The second-order valence-corrected chi connectivity index (χ2v) is 5.06. The molecule has 1 heterocycles. The van der Waals surface area contributed by atoms with E-state index in [1.165, 1.54) is 28.7 Å². The van der Waals surface area contributed by atoms with Gasteiger partial charge in [0.25, 0.3) is 0 Å². The maximum atomic E-state index is 4.45. The van der Waals surface area contributed by atoms with E-state index in [-0.39, 0.29) is 0 Å². The van der Waals surface area contributed by atoms with Gasteiger partial charge in [-0.3, -0.25) is 4.68 Å². The first-order valence-corrected chi connectivity index (χ1v) is 6.50. The summed E-state index contributed by atoms with van der Waals surface area (Å²) in [6.07, 6.45) is 4.48. The number of nitrogens with zero attached hydrogens (tertiary/aromatic N) is 2. The molecule has 0 saturated carbocycles. The van der Waals surface area contributed by atoms with Crippen molar-refractivity contribution in [2.75, 3.05) is 7.05 Å². The van der Waals surface area contributed by atoms with Crippen molar-refractivity contribution < 1.29 is 0 Å². The van der Waals surface area contributed by atoms with E-state index in [0.717, 1.165) is 12.1 Å². The summed E-state index contributed by atoms with van der Waals surface area (Å²) in [7, 11) is 4.03. The molecule has 3 heteroatoms. The maximum Gasteiger partial charge on any atom is 0.0672 e. The topological polar surface area (TPSA) is 29.9 Å². The number of nitrogens with one attached hydrogen (secondary N) is 1. The molecule has 1 unspecified atom stereocenters. The van der Waals surface area contributed by atoms with Crippen molar-refractivity contribution in [3.63, 3.8) is 0 Å². The van der Waals surface area contributed by atoms with E-state index in [1.807, 2.05) is 18.8 Å². The van der Waals surface area contributed by atoms with E-state index >= 15 is 0 Å². The van der Waals surface area contributed by atoms with Crippen LogP contribution in [-0.4, -0.2) is 16.8 Å². The van der Waals surface area contributed by atoms with Gasteiger partial charge in [-0.1, -0.05) is 18.2 Å². The molecule has 0 radical (unpaired) electrons. The molecule has 0 spiro atoms. The van der Waals surface area contributed by atoms with Gasteiger partial charge in [0.15, 0.2) is 0 Å². The zero-order valence-corrected chi connectivity index (χ0v) is 11.2. The quantitative estimate of drug-likeness (QED) is 0.876. The van der Waals surface area contributed by atoms with Crippen LogP contribution in [0.1, 0.15) is 29.3 Å². The molecule has 0 aliphatic heterocycles. The highest BCUT2D eigenvalue weighted by atomic mass is 15.2. The number of aryl methyl sites for hydroxylation is 2. The molecule has 0 saturated heterocycles. The lowest BCUT2D eigenvalue weighted by atomic mass is 9.97. The van der Waals surface area contributed by atoms with E-state index in [9.17, 15) is 0 Å². The Balaban J connectivity index is 2.15. The molecule has 3 nitrogen and oxygen atoms in total. The lowest BCUT2D eigenvalue weighted by Gasteiger charge is -2.11. The molecule has 18 heavy (non-hydrogen) atoms. The first-order chi connectivity index (χ1) is 8.70. The summed E-state index contributed by atoms with van der Waals surface area (Å²) in [5.41, 5.74) is 6.69. The number of rotatable bonds is 2. The van der Waals surface area contributed by atoms with E-state index in [1.54, 1.807) is 0 Å². The molecule has 0 fully saturated rings. The summed E-state index contributed by atoms with van der Waals surface area (Å²) in [4.78, 5) is 0. The Morgan fingerprint density at radius 1 is 1.33 bits per heavy atom. The highest BCUT2D eigenvalue weighted by molar-refractivity contribution is 5.71. The van der Waals surface area contributed by atoms with Crippen molar-refractivity contribution in [1.82, 2.24) is 15.1 Å². The lowest BCUT2D eigenvalue weighted by molar-refractivity contribution is 0.590. The molecule has 1 N–H and O–H groups in total. The number of hydrogen-bond donors (Lipinski definition) is 1. The fraction of sp³-hybridized carbons (Fsp3) is 0.400. The van der Waals surface area contributed by atoms with Crippen molar-refractivity contribution in [2.45, 2.75) is 25.8 Å². The third-order valence-electron chi connectivity index (χ3n) is 3.92. The summed E-state index contributed by atoms with van der Waals surface area (Å²) in [6, 6.07) is 7.15. The fourth-order valence-corrected chi connectivity index (χ4v) is 3.07. The molecule has 1 atom stereocenters. The van der Waals surface area contributed by atoms with Crippen LogP contribution < -0.4 is 5.32 Å². The van der Waals surface area contributed by atoms with Crippen LogP contribution >= 0.6 is 0 Å². The summed E-state index contributed by atoms with van der Waals surface area (Å²) in [5, 5.41) is 7.85. The Bertz CT molecular complexity index is 583. The molecule has 3 rings (SSSR count). The largest absolute Gasteiger partial charge is 0.313 e. The Hall–Kier alpha value is -1.61. The third kappa shape index (κ3) is 1.66. The van der Waals surface area contributed by atoms with Gasteiger partial charge in [0.1, 0.15) is 0 Å². The molecule has 1 aromatic heterocycles. The highest BCUT2D eigenvalue weighted by Crippen LogP contribution is 2.38. The van der Waals surface area contributed by atoms with E-state index < -0.39 is 0 Å². The Morgan fingerprint density at radius 3 is 2.83 bits per heavy atom. The number of fused-ring (bicyclic) bond motifs is 1. The average Bonchev–Trinajstić information content (AvgIpc) is 2.91. The number of hydrogen-bond acceptors (Lipinski definition) is 2. The molecular formula is C15H19N3. The SMILES string of the molecule is CNC1CCc2c(-c3cn(C)nc3C)cccc21. The van der Waals surface area contributed by atoms with E-state index in [2.05, 4.69) is 41.7 Å².